The Bertz CT molecular complexity index is 365. The van der Waals surface area contributed by atoms with Gasteiger partial charge in [0.05, 0.1) is 6.54 Å². The van der Waals surface area contributed by atoms with Crippen molar-refractivity contribution in [2.75, 3.05) is 31.5 Å². The van der Waals surface area contributed by atoms with Crippen LogP contribution < -0.4 is 10.6 Å². The van der Waals surface area contributed by atoms with Crippen molar-refractivity contribution in [2.24, 2.45) is 0 Å². The van der Waals surface area contributed by atoms with E-state index in [2.05, 4.69) is 27.4 Å². The molecule has 0 aromatic carbocycles. The third kappa shape index (κ3) is 2.93. The third-order valence-corrected chi connectivity index (χ3v) is 3.32. The fourth-order valence-corrected chi connectivity index (χ4v) is 2.58. The Labute approximate surface area is 98.9 Å². The summed E-state index contributed by atoms with van der Waals surface area (Å²) in [5.74, 6) is 0.114. The van der Waals surface area contributed by atoms with Crippen LogP contribution in [0.5, 0.6) is 0 Å². The minimum atomic E-state index is 0.114. The lowest BCUT2D eigenvalue weighted by molar-refractivity contribution is -0.124. The van der Waals surface area contributed by atoms with Gasteiger partial charge in [-0.1, -0.05) is 0 Å². The molecule has 16 heavy (non-hydrogen) atoms. The molecule has 0 aliphatic carbocycles. The standard InChI is InChI=1S/C10H16N4OS/c1-2-11-10-13-5-8(16-10)6-14-4-3-12-9(15)7-14/h5H,2-4,6-7H2,1H3,(H,11,13)(H,12,15). The van der Waals surface area contributed by atoms with Crippen LogP contribution in [-0.4, -0.2) is 42.0 Å². The second kappa shape index (κ2) is 5.27. The molecule has 0 bridgehead atoms. The molecule has 1 aromatic rings. The molecule has 1 amide bonds. The SMILES string of the molecule is CCNc1ncc(CN2CCNC(=O)C2)s1. The monoisotopic (exact) mass is 240 g/mol. The molecule has 88 valence electrons. The Morgan fingerprint density at radius 1 is 1.69 bits per heavy atom. The van der Waals surface area contributed by atoms with Gasteiger partial charge in [-0.15, -0.1) is 11.3 Å². The second-order valence-electron chi connectivity index (χ2n) is 3.72. The first-order valence-electron chi connectivity index (χ1n) is 5.45. The van der Waals surface area contributed by atoms with Crippen LogP contribution in [0.25, 0.3) is 0 Å². The summed E-state index contributed by atoms with van der Waals surface area (Å²) in [5, 5.41) is 6.96. The van der Waals surface area contributed by atoms with E-state index in [-0.39, 0.29) is 5.91 Å². The van der Waals surface area contributed by atoms with Crippen LogP contribution in [0, 0.1) is 0 Å². The highest BCUT2D eigenvalue weighted by molar-refractivity contribution is 7.15. The zero-order chi connectivity index (χ0) is 11.4. The zero-order valence-electron chi connectivity index (χ0n) is 9.32. The largest absolute Gasteiger partial charge is 0.362 e. The van der Waals surface area contributed by atoms with Crippen LogP contribution >= 0.6 is 11.3 Å². The molecular weight excluding hydrogens is 224 g/mol. The highest BCUT2D eigenvalue weighted by Gasteiger charge is 2.16. The molecule has 0 spiro atoms. The maximum Gasteiger partial charge on any atom is 0.234 e. The second-order valence-corrected chi connectivity index (χ2v) is 4.84. The number of carbonyl (C=O) groups excluding carboxylic acids is 1. The van der Waals surface area contributed by atoms with Crippen LogP contribution in [0.4, 0.5) is 5.13 Å². The maximum absolute atomic E-state index is 11.2. The molecule has 2 heterocycles. The number of hydrogen-bond donors (Lipinski definition) is 2. The van der Waals surface area contributed by atoms with E-state index in [4.69, 9.17) is 0 Å². The summed E-state index contributed by atoms with van der Waals surface area (Å²) in [7, 11) is 0. The average molecular weight is 240 g/mol. The first-order valence-corrected chi connectivity index (χ1v) is 6.27. The Balaban J connectivity index is 1.89. The first-order chi connectivity index (χ1) is 7.78. The predicted octanol–water partition coefficient (Wildman–Crippen LogP) is 0.507. The molecule has 1 aromatic heterocycles. The fourth-order valence-electron chi connectivity index (χ4n) is 1.66. The van der Waals surface area contributed by atoms with Crippen molar-refractivity contribution in [3.05, 3.63) is 11.1 Å². The van der Waals surface area contributed by atoms with E-state index in [1.165, 1.54) is 4.88 Å². The molecule has 0 atom stereocenters. The van der Waals surface area contributed by atoms with Gasteiger partial charge in [-0.25, -0.2) is 4.98 Å². The summed E-state index contributed by atoms with van der Waals surface area (Å²) in [6.45, 7) is 5.91. The fraction of sp³-hybridized carbons (Fsp3) is 0.600. The van der Waals surface area contributed by atoms with Gasteiger partial charge in [0.1, 0.15) is 0 Å². The highest BCUT2D eigenvalue weighted by atomic mass is 32.1. The molecule has 2 N–H and O–H groups in total. The Hall–Kier alpha value is -1.14. The number of aromatic nitrogens is 1. The van der Waals surface area contributed by atoms with E-state index in [0.717, 1.165) is 31.3 Å². The third-order valence-electron chi connectivity index (χ3n) is 2.38. The topological polar surface area (TPSA) is 57.3 Å². The quantitative estimate of drug-likeness (QED) is 0.805. The van der Waals surface area contributed by atoms with E-state index in [1.54, 1.807) is 11.3 Å². The lowest BCUT2D eigenvalue weighted by Gasteiger charge is -2.25. The molecular formula is C10H16N4OS. The minimum absolute atomic E-state index is 0.114. The van der Waals surface area contributed by atoms with Gasteiger partial charge in [-0.05, 0) is 6.92 Å². The van der Waals surface area contributed by atoms with E-state index in [0.29, 0.717) is 6.54 Å². The van der Waals surface area contributed by atoms with Gasteiger partial charge in [0, 0.05) is 37.3 Å². The molecule has 6 heteroatoms. The number of nitrogens with zero attached hydrogens (tertiary/aromatic N) is 2. The minimum Gasteiger partial charge on any atom is -0.362 e. The van der Waals surface area contributed by atoms with Crippen molar-refractivity contribution in [3.8, 4) is 0 Å². The van der Waals surface area contributed by atoms with Crippen LogP contribution in [-0.2, 0) is 11.3 Å². The number of thiazole rings is 1. The number of piperazine rings is 1. The summed E-state index contributed by atoms with van der Waals surface area (Å²) in [5.41, 5.74) is 0. The van der Waals surface area contributed by atoms with Crippen LogP contribution in [0.1, 0.15) is 11.8 Å². The number of carbonyl (C=O) groups is 1. The van der Waals surface area contributed by atoms with Gasteiger partial charge in [0.2, 0.25) is 5.91 Å². The number of hydrogen-bond acceptors (Lipinski definition) is 5. The zero-order valence-corrected chi connectivity index (χ0v) is 10.1. The Morgan fingerprint density at radius 2 is 2.56 bits per heavy atom. The summed E-state index contributed by atoms with van der Waals surface area (Å²) in [6, 6.07) is 0. The summed E-state index contributed by atoms with van der Waals surface area (Å²) in [6.07, 6.45) is 1.88. The van der Waals surface area contributed by atoms with Crippen molar-refractivity contribution in [1.29, 1.82) is 0 Å². The lowest BCUT2D eigenvalue weighted by Crippen LogP contribution is -2.46. The molecule has 0 radical (unpaired) electrons. The van der Waals surface area contributed by atoms with Crippen molar-refractivity contribution in [1.82, 2.24) is 15.2 Å². The number of anilines is 1. The number of amides is 1. The molecule has 0 unspecified atom stereocenters. The van der Waals surface area contributed by atoms with Gasteiger partial charge in [-0.3, -0.25) is 9.69 Å². The lowest BCUT2D eigenvalue weighted by atomic mass is 10.3. The molecule has 1 aliphatic rings. The molecule has 1 aliphatic heterocycles. The predicted molar refractivity (Wildman–Crippen MR) is 64.6 cm³/mol. The Morgan fingerprint density at radius 3 is 3.31 bits per heavy atom. The van der Waals surface area contributed by atoms with E-state index in [1.807, 2.05) is 6.20 Å². The van der Waals surface area contributed by atoms with Crippen molar-refractivity contribution in [3.63, 3.8) is 0 Å². The Kier molecular flexibility index (Phi) is 3.74. The normalized spacial score (nSPS) is 17.2. The van der Waals surface area contributed by atoms with Gasteiger partial charge < -0.3 is 10.6 Å². The van der Waals surface area contributed by atoms with E-state index >= 15 is 0 Å². The van der Waals surface area contributed by atoms with Crippen molar-refractivity contribution >= 4 is 22.4 Å². The number of rotatable bonds is 4. The molecule has 0 saturated carbocycles. The summed E-state index contributed by atoms with van der Waals surface area (Å²) >= 11 is 1.66. The molecule has 1 saturated heterocycles. The average Bonchev–Trinajstić information content (AvgIpc) is 2.66. The maximum atomic E-state index is 11.2. The van der Waals surface area contributed by atoms with Crippen LogP contribution in [0.3, 0.4) is 0 Å². The molecule has 2 rings (SSSR count). The number of nitrogens with one attached hydrogen (secondary N) is 2. The molecule has 5 nitrogen and oxygen atoms in total. The van der Waals surface area contributed by atoms with Crippen molar-refractivity contribution in [2.45, 2.75) is 13.5 Å². The van der Waals surface area contributed by atoms with Gasteiger partial charge in [0.25, 0.3) is 0 Å². The van der Waals surface area contributed by atoms with E-state index in [9.17, 15) is 4.79 Å². The van der Waals surface area contributed by atoms with E-state index < -0.39 is 0 Å². The smallest absolute Gasteiger partial charge is 0.234 e. The summed E-state index contributed by atoms with van der Waals surface area (Å²) < 4.78 is 0. The van der Waals surface area contributed by atoms with Gasteiger partial charge >= 0.3 is 0 Å². The van der Waals surface area contributed by atoms with Crippen LogP contribution in [0.15, 0.2) is 6.20 Å². The summed E-state index contributed by atoms with van der Waals surface area (Å²) in [4.78, 5) is 18.8. The highest BCUT2D eigenvalue weighted by Crippen LogP contribution is 2.19. The first kappa shape index (κ1) is 11.3. The van der Waals surface area contributed by atoms with Crippen LogP contribution in [0.2, 0.25) is 0 Å². The van der Waals surface area contributed by atoms with Gasteiger partial charge in [0.15, 0.2) is 5.13 Å². The van der Waals surface area contributed by atoms with Gasteiger partial charge in [-0.2, -0.15) is 0 Å². The van der Waals surface area contributed by atoms with Crippen molar-refractivity contribution < 1.29 is 4.79 Å². The molecule has 1 fully saturated rings.